The van der Waals surface area contributed by atoms with E-state index in [4.69, 9.17) is 9.47 Å². The number of ether oxygens (including phenoxy) is 2. The number of hydrogen-bond acceptors (Lipinski definition) is 4. The molecular formula is C12H23ClN2O3. The van der Waals surface area contributed by atoms with Gasteiger partial charge in [-0.3, -0.25) is 4.79 Å². The molecule has 2 saturated heterocycles. The molecule has 1 N–H and O–H groups in total. The van der Waals surface area contributed by atoms with Gasteiger partial charge in [-0.05, 0) is 20.8 Å². The molecule has 0 saturated carbocycles. The van der Waals surface area contributed by atoms with Crippen LogP contribution in [0.4, 0.5) is 0 Å². The van der Waals surface area contributed by atoms with Crippen LogP contribution < -0.4 is 5.32 Å². The summed E-state index contributed by atoms with van der Waals surface area (Å²) in [6.07, 6.45) is 0.176. The van der Waals surface area contributed by atoms with Crippen LogP contribution in [0.25, 0.3) is 0 Å². The fourth-order valence-corrected chi connectivity index (χ4v) is 2.56. The van der Waals surface area contributed by atoms with Crippen molar-refractivity contribution in [1.82, 2.24) is 10.2 Å². The normalized spacial score (nSPS) is 36.9. The number of hydrogen-bond donors (Lipinski definition) is 1. The maximum absolute atomic E-state index is 12.4. The van der Waals surface area contributed by atoms with E-state index in [1.165, 1.54) is 0 Å². The van der Waals surface area contributed by atoms with Crippen molar-refractivity contribution in [3.05, 3.63) is 0 Å². The zero-order chi connectivity index (χ0) is 12.4. The molecule has 5 nitrogen and oxygen atoms in total. The van der Waals surface area contributed by atoms with Crippen LogP contribution in [0.5, 0.6) is 0 Å². The molecule has 0 radical (unpaired) electrons. The Morgan fingerprint density at radius 3 is 2.39 bits per heavy atom. The number of carbonyl (C=O) groups is 1. The van der Waals surface area contributed by atoms with Gasteiger partial charge in [0.1, 0.15) is 6.04 Å². The van der Waals surface area contributed by atoms with Crippen molar-refractivity contribution in [3.63, 3.8) is 0 Å². The summed E-state index contributed by atoms with van der Waals surface area (Å²) in [6.45, 7) is 8.73. The van der Waals surface area contributed by atoms with Crippen LogP contribution in [0.15, 0.2) is 0 Å². The smallest absolute Gasteiger partial charge is 0.242 e. The third-order valence-corrected chi connectivity index (χ3v) is 3.31. The highest BCUT2D eigenvalue weighted by Crippen LogP contribution is 2.14. The molecule has 0 aliphatic carbocycles. The highest BCUT2D eigenvalue weighted by molar-refractivity contribution is 5.85. The third kappa shape index (κ3) is 3.57. The number of morpholine rings is 2. The van der Waals surface area contributed by atoms with Gasteiger partial charge in [0.25, 0.3) is 0 Å². The van der Waals surface area contributed by atoms with E-state index < -0.39 is 0 Å². The van der Waals surface area contributed by atoms with E-state index in [1.54, 1.807) is 0 Å². The van der Waals surface area contributed by atoms with Gasteiger partial charge < -0.3 is 19.7 Å². The first-order valence-electron chi connectivity index (χ1n) is 6.37. The molecule has 0 spiro atoms. The van der Waals surface area contributed by atoms with E-state index in [0.717, 1.165) is 6.54 Å². The molecule has 0 aromatic rings. The largest absolute Gasteiger partial charge is 0.375 e. The highest BCUT2D eigenvalue weighted by atomic mass is 35.5. The number of halogens is 1. The van der Waals surface area contributed by atoms with Crippen molar-refractivity contribution in [2.45, 2.75) is 45.1 Å². The van der Waals surface area contributed by atoms with Crippen molar-refractivity contribution < 1.29 is 14.3 Å². The molecule has 6 heteroatoms. The van der Waals surface area contributed by atoms with E-state index in [-0.39, 0.29) is 42.7 Å². The molecule has 2 fully saturated rings. The second kappa shape index (κ2) is 6.70. The summed E-state index contributed by atoms with van der Waals surface area (Å²) in [5.41, 5.74) is 0. The molecule has 4 atom stereocenters. The van der Waals surface area contributed by atoms with Gasteiger partial charge in [-0.2, -0.15) is 0 Å². The van der Waals surface area contributed by atoms with Crippen LogP contribution in [-0.2, 0) is 14.3 Å². The van der Waals surface area contributed by atoms with E-state index >= 15 is 0 Å². The SMILES string of the molecule is CC1CN(C(=O)[C@H]2NCCO[C@@H]2C)CC(C)O1.Cl. The molecule has 0 bridgehead atoms. The first-order chi connectivity index (χ1) is 8.08. The molecule has 2 rings (SSSR count). The Morgan fingerprint density at radius 1 is 1.22 bits per heavy atom. The molecule has 2 aliphatic rings. The fraction of sp³-hybridized carbons (Fsp3) is 0.917. The van der Waals surface area contributed by atoms with E-state index in [9.17, 15) is 4.79 Å². The lowest BCUT2D eigenvalue weighted by molar-refractivity contribution is -0.150. The first-order valence-corrected chi connectivity index (χ1v) is 6.37. The van der Waals surface area contributed by atoms with Crippen molar-refractivity contribution in [1.29, 1.82) is 0 Å². The summed E-state index contributed by atoms with van der Waals surface area (Å²) in [7, 11) is 0. The van der Waals surface area contributed by atoms with Crippen molar-refractivity contribution in [2.75, 3.05) is 26.2 Å². The lowest BCUT2D eigenvalue weighted by Gasteiger charge is -2.39. The van der Waals surface area contributed by atoms with E-state index in [0.29, 0.717) is 19.7 Å². The number of carbonyl (C=O) groups excluding carboxylic acids is 1. The molecule has 1 amide bonds. The summed E-state index contributed by atoms with van der Waals surface area (Å²) < 4.78 is 11.1. The third-order valence-electron chi connectivity index (χ3n) is 3.31. The van der Waals surface area contributed by atoms with Gasteiger partial charge in [0.05, 0.1) is 24.9 Å². The quantitative estimate of drug-likeness (QED) is 0.755. The van der Waals surface area contributed by atoms with Gasteiger partial charge in [0, 0.05) is 19.6 Å². The second-order valence-electron chi connectivity index (χ2n) is 5.01. The minimum atomic E-state index is -0.207. The number of nitrogens with zero attached hydrogens (tertiary/aromatic N) is 1. The Bertz CT molecular complexity index is 280. The van der Waals surface area contributed by atoms with Gasteiger partial charge in [-0.1, -0.05) is 0 Å². The maximum atomic E-state index is 12.4. The predicted octanol–water partition coefficient (Wildman–Crippen LogP) is 0.421. The summed E-state index contributed by atoms with van der Waals surface area (Å²) in [5.74, 6) is 0.138. The molecule has 0 aromatic carbocycles. The van der Waals surface area contributed by atoms with E-state index in [1.807, 2.05) is 25.7 Å². The Balaban J connectivity index is 0.00000162. The van der Waals surface area contributed by atoms with Crippen LogP contribution in [0, 0.1) is 0 Å². The van der Waals surface area contributed by atoms with Crippen LogP contribution in [-0.4, -0.2) is 61.4 Å². The molecule has 2 unspecified atom stereocenters. The molecule has 106 valence electrons. The van der Waals surface area contributed by atoms with Crippen LogP contribution in [0.2, 0.25) is 0 Å². The summed E-state index contributed by atoms with van der Waals surface area (Å²) in [6, 6.07) is -0.207. The topological polar surface area (TPSA) is 50.8 Å². The number of amides is 1. The minimum Gasteiger partial charge on any atom is -0.375 e. The zero-order valence-electron chi connectivity index (χ0n) is 11.2. The number of rotatable bonds is 1. The van der Waals surface area contributed by atoms with Gasteiger partial charge in [-0.15, -0.1) is 12.4 Å². The Hall–Kier alpha value is -0.360. The van der Waals surface area contributed by atoms with Crippen molar-refractivity contribution >= 4 is 18.3 Å². The van der Waals surface area contributed by atoms with Crippen LogP contribution in [0.3, 0.4) is 0 Å². The van der Waals surface area contributed by atoms with Crippen molar-refractivity contribution in [3.8, 4) is 0 Å². The van der Waals surface area contributed by atoms with Crippen LogP contribution >= 0.6 is 12.4 Å². The van der Waals surface area contributed by atoms with Crippen molar-refractivity contribution in [2.24, 2.45) is 0 Å². The lowest BCUT2D eigenvalue weighted by atomic mass is 10.1. The molecule has 2 heterocycles. The maximum Gasteiger partial charge on any atom is 0.242 e. The Morgan fingerprint density at radius 2 is 1.83 bits per heavy atom. The molecule has 0 aromatic heterocycles. The monoisotopic (exact) mass is 278 g/mol. The second-order valence-corrected chi connectivity index (χ2v) is 5.01. The first kappa shape index (κ1) is 15.7. The molecule has 18 heavy (non-hydrogen) atoms. The summed E-state index contributed by atoms with van der Waals surface area (Å²) in [4.78, 5) is 14.3. The standard InChI is InChI=1S/C12H22N2O3.ClH/c1-8-6-14(7-9(2)17-8)12(15)11-10(3)16-5-4-13-11;/h8-11,13H,4-7H2,1-3H3;1H/t8?,9?,10-,11+;/m1./s1. The van der Waals surface area contributed by atoms with Crippen LogP contribution in [0.1, 0.15) is 20.8 Å². The zero-order valence-corrected chi connectivity index (χ0v) is 12.0. The summed E-state index contributed by atoms with van der Waals surface area (Å²) in [5, 5.41) is 3.24. The minimum absolute atomic E-state index is 0. The molecule has 2 aliphatic heterocycles. The average molecular weight is 279 g/mol. The van der Waals surface area contributed by atoms with Gasteiger partial charge in [-0.25, -0.2) is 0 Å². The average Bonchev–Trinajstić information content (AvgIpc) is 2.27. The van der Waals surface area contributed by atoms with Gasteiger partial charge in [0.15, 0.2) is 0 Å². The number of nitrogens with one attached hydrogen (secondary N) is 1. The molecular weight excluding hydrogens is 256 g/mol. The summed E-state index contributed by atoms with van der Waals surface area (Å²) >= 11 is 0. The highest BCUT2D eigenvalue weighted by Gasteiger charge is 2.34. The van der Waals surface area contributed by atoms with Gasteiger partial charge >= 0.3 is 0 Å². The fourth-order valence-electron chi connectivity index (χ4n) is 2.56. The predicted molar refractivity (Wildman–Crippen MR) is 71.0 cm³/mol. The Kier molecular flexibility index (Phi) is 5.85. The van der Waals surface area contributed by atoms with Gasteiger partial charge in [0.2, 0.25) is 5.91 Å². The Labute approximate surface area is 115 Å². The van der Waals surface area contributed by atoms with E-state index in [2.05, 4.69) is 5.32 Å². The lowest BCUT2D eigenvalue weighted by Crippen LogP contribution is -2.59.